The average molecular weight is 286 g/mol. The van der Waals surface area contributed by atoms with Crippen LogP contribution in [-0.4, -0.2) is 31.1 Å². The van der Waals surface area contributed by atoms with E-state index in [2.05, 4.69) is 48.5 Å². The van der Waals surface area contributed by atoms with Crippen LogP contribution in [0.5, 0.6) is 0 Å². The molecule has 1 aromatic rings. The highest BCUT2D eigenvalue weighted by Gasteiger charge is 2.31. The molecule has 3 rings (SSSR count). The van der Waals surface area contributed by atoms with Gasteiger partial charge in [-0.25, -0.2) is 0 Å². The summed E-state index contributed by atoms with van der Waals surface area (Å²) in [6.07, 6.45) is 8.05. The van der Waals surface area contributed by atoms with Gasteiger partial charge in [-0.2, -0.15) is 0 Å². The SMILES string of the molecule is CNC1c2ccccc2CCCC1N1CCCC(C)CC1. The summed E-state index contributed by atoms with van der Waals surface area (Å²) in [7, 11) is 2.14. The maximum Gasteiger partial charge on any atom is 0.0478 e. The highest BCUT2D eigenvalue weighted by atomic mass is 15.2. The number of fused-ring (bicyclic) bond motifs is 1. The van der Waals surface area contributed by atoms with Crippen molar-refractivity contribution in [1.29, 1.82) is 0 Å². The zero-order valence-electron chi connectivity index (χ0n) is 13.6. The number of hydrogen-bond acceptors (Lipinski definition) is 2. The van der Waals surface area contributed by atoms with Crippen molar-refractivity contribution in [3.8, 4) is 0 Å². The van der Waals surface area contributed by atoms with Gasteiger partial charge in [0.25, 0.3) is 0 Å². The monoisotopic (exact) mass is 286 g/mol. The molecule has 3 atom stereocenters. The fraction of sp³-hybridized carbons (Fsp3) is 0.684. The third-order valence-corrected chi connectivity index (χ3v) is 5.55. The first-order valence-electron chi connectivity index (χ1n) is 8.78. The lowest BCUT2D eigenvalue weighted by Gasteiger charge is -2.36. The van der Waals surface area contributed by atoms with Gasteiger partial charge in [0.15, 0.2) is 0 Å². The van der Waals surface area contributed by atoms with Gasteiger partial charge >= 0.3 is 0 Å². The van der Waals surface area contributed by atoms with Crippen LogP contribution >= 0.6 is 0 Å². The average Bonchev–Trinajstić information content (AvgIpc) is 2.82. The van der Waals surface area contributed by atoms with Crippen LogP contribution in [0.2, 0.25) is 0 Å². The fourth-order valence-corrected chi connectivity index (χ4v) is 4.30. The molecule has 1 N–H and O–H groups in total. The molecule has 0 aromatic heterocycles. The standard InChI is InChI=1S/C19H30N2/c1-15-7-6-13-21(14-12-15)18-11-5-9-16-8-3-4-10-17(16)19(18)20-2/h3-4,8,10,15,18-20H,5-7,9,11-14H2,1-2H3. The number of likely N-dealkylation sites (tertiary alicyclic amines) is 1. The van der Waals surface area contributed by atoms with Crippen LogP contribution in [0.3, 0.4) is 0 Å². The largest absolute Gasteiger partial charge is 0.312 e. The number of nitrogens with one attached hydrogen (secondary N) is 1. The lowest BCUT2D eigenvalue weighted by molar-refractivity contribution is 0.155. The van der Waals surface area contributed by atoms with Gasteiger partial charge in [-0.3, -0.25) is 4.90 Å². The second-order valence-corrected chi connectivity index (χ2v) is 7.00. The Labute approximate surface area is 129 Å². The predicted molar refractivity (Wildman–Crippen MR) is 89.6 cm³/mol. The second-order valence-electron chi connectivity index (χ2n) is 7.00. The quantitative estimate of drug-likeness (QED) is 0.833. The number of nitrogens with zero attached hydrogens (tertiary/aromatic N) is 1. The normalized spacial score (nSPS) is 31.2. The summed E-state index contributed by atoms with van der Waals surface area (Å²) >= 11 is 0. The Balaban J connectivity index is 1.84. The molecule has 1 aliphatic heterocycles. The van der Waals surface area contributed by atoms with E-state index in [1.54, 1.807) is 11.1 Å². The van der Waals surface area contributed by atoms with Crippen LogP contribution in [0.25, 0.3) is 0 Å². The van der Waals surface area contributed by atoms with Gasteiger partial charge in [-0.15, -0.1) is 0 Å². The molecule has 1 saturated heterocycles. The molecule has 2 aliphatic rings. The molecular formula is C19H30N2. The molecule has 2 heteroatoms. The molecule has 1 fully saturated rings. The zero-order chi connectivity index (χ0) is 14.7. The van der Waals surface area contributed by atoms with Gasteiger partial charge in [0.05, 0.1) is 0 Å². The number of rotatable bonds is 2. The minimum Gasteiger partial charge on any atom is -0.312 e. The van der Waals surface area contributed by atoms with Crippen molar-refractivity contribution in [3.05, 3.63) is 35.4 Å². The van der Waals surface area contributed by atoms with E-state index in [-0.39, 0.29) is 0 Å². The first-order valence-corrected chi connectivity index (χ1v) is 8.78. The molecule has 0 radical (unpaired) electrons. The molecule has 0 saturated carbocycles. The first-order chi connectivity index (χ1) is 10.3. The van der Waals surface area contributed by atoms with Gasteiger partial charge in [-0.1, -0.05) is 31.2 Å². The van der Waals surface area contributed by atoms with Crippen molar-refractivity contribution in [1.82, 2.24) is 10.2 Å². The van der Waals surface area contributed by atoms with Gasteiger partial charge in [0.2, 0.25) is 0 Å². The Hall–Kier alpha value is -0.860. The first kappa shape index (κ1) is 15.1. The van der Waals surface area contributed by atoms with E-state index in [1.165, 1.54) is 51.6 Å². The third kappa shape index (κ3) is 3.32. The third-order valence-electron chi connectivity index (χ3n) is 5.55. The maximum absolute atomic E-state index is 3.64. The minimum atomic E-state index is 0.497. The summed E-state index contributed by atoms with van der Waals surface area (Å²) in [5, 5.41) is 3.64. The molecule has 0 spiro atoms. The highest BCUT2D eigenvalue weighted by molar-refractivity contribution is 5.32. The lowest BCUT2D eigenvalue weighted by Crippen LogP contribution is -2.44. The Bertz CT molecular complexity index is 457. The molecule has 116 valence electrons. The van der Waals surface area contributed by atoms with E-state index in [0.717, 1.165) is 5.92 Å². The van der Waals surface area contributed by atoms with Crippen molar-refractivity contribution < 1.29 is 0 Å². The van der Waals surface area contributed by atoms with Crippen molar-refractivity contribution in [3.63, 3.8) is 0 Å². The van der Waals surface area contributed by atoms with E-state index in [0.29, 0.717) is 12.1 Å². The van der Waals surface area contributed by atoms with Gasteiger partial charge in [0, 0.05) is 12.1 Å². The fourth-order valence-electron chi connectivity index (χ4n) is 4.30. The molecule has 0 amide bonds. The van der Waals surface area contributed by atoms with Gasteiger partial charge in [-0.05, 0) is 75.7 Å². The van der Waals surface area contributed by atoms with Gasteiger partial charge in [0.1, 0.15) is 0 Å². The molecule has 21 heavy (non-hydrogen) atoms. The molecule has 1 aromatic carbocycles. The van der Waals surface area contributed by atoms with Crippen LogP contribution in [0.4, 0.5) is 0 Å². The summed E-state index contributed by atoms with van der Waals surface area (Å²) < 4.78 is 0. The van der Waals surface area contributed by atoms with E-state index >= 15 is 0 Å². The molecule has 1 heterocycles. The van der Waals surface area contributed by atoms with Crippen molar-refractivity contribution >= 4 is 0 Å². The van der Waals surface area contributed by atoms with Crippen molar-refractivity contribution in [2.45, 2.75) is 57.5 Å². The Kier molecular flexibility index (Phi) is 4.97. The van der Waals surface area contributed by atoms with Crippen molar-refractivity contribution in [2.24, 2.45) is 5.92 Å². The van der Waals surface area contributed by atoms with E-state index < -0.39 is 0 Å². The second kappa shape index (κ2) is 6.93. The Morgan fingerprint density at radius 1 is 1.05 bits per heavy atom. The molecule has 3 unspecified atom stereocenters. The summed E-state index contributed by atoms with van der Waals surface area (Å²) in [5.74, 6) is 0.904. The summed E-state index contributed by atoms with van der Waals surface area (Å²) in [4.78, 5) is 2.78. The van der Waals surface area contributed by atoms with Crippen LogP contribution < -0.4 is 5.32 Å². The van der Waals surface area contributed by atoms with Crippen LogP contribution in [0.1, 0.15) is 56.2 Å². The van der Waals surface area contributed by atoms with E-state index in [1.807, 2.05) is 0 Å². The summed E-state index contributed by atoms with van der Waals surface area (Å²) in [5.41, 5.74) is 3.10. The maximum atomic E-state index is 3.64. The minimum absolute atomic E-state index is 0.497. The molecular weight excluding hydrogens is 256 g/mol. The van der Waals surface area contributed by atoms with Crippen LogP contribution in [0.15, 0.2) is 24.3 Å². The van der Waals surface area contributed by atoms with E-state index in [9.17, 15) is 0 Å². The summed E-state index contributed by atoms with van der Waals surface area (Å²) in [6.45, 7) is 4.99. The van der Waals surface area contributed by atoms with Crippen LogP contribution in [-0.2, 0) is 6.42 Å². The van der Waals surface area contributed by atoms with Crippen molar-refractivity contribution in [2.75, 3.05) is 20.1 Å². The molecule has 1 aliphatic carbocycles. The number of likely N-dealkylation sites (N-methyl/N-ethyl adjacent to an activating group) is 1. The van der Waals surface area contributed by atoms with Gasteiger partial charge < -0.3 is 5.32 Å². The summed E-state index contributed by atoms with van der Waals surface area (Å²) in [6, 6.07) is 10.2. The Morgan fingerprint density at radius 2 is 1.90 bits per heavy atom. The van der Waals surface area contributed by atoms with E-state index in [4.69, 9.17) is 0 Å². The topological polar surface area (TPSA) is 15.3 Å². The molecule has 2 nitrogen and oxygen atoms in total. The predicted octanol–water partition coefficient (Wildman–Crippen LogP) is 3.77. The number of hydrogen-bond donors (Lipinski definition) is 1. The zero-order valence-corrected chi connectivity index (χ0v) is 13.6. The smallest absolute Gasteiger partial charge is 0.0478 e. The highest BCUT2D eigenvalue weighted by Crippen LogP contribution is 2.33. The number of benzene rings is 1. The van der Waals surface area contributed by atoms with Crippen LogP contribution in [0, 0.1) is 5.92 Å². The Morgan fingerprint density at radius 3 is 2.76 bits per heavy atom. The molecule has 0 bridgehead atoms. The lowest BCUT2D eigenvalue weighted by atomic mass is 9.95. The number of aryl methyl sites for hydroxylation is 1.